The number of aryl methyl sites for hydroxylation is 1. The van der Waals surface area contributed by atoms with Crippen LogP contribution in [0.2, 0.25) is 0 Å². The van der Waals surface area contributed by atoms with Crippen LogP contribution in [-0.2, 0) is 19.6 Å². The number of nitrogens with two attached hydrogens (primary N) is 1. The molecular formula is C17H19N5O5S3. The zero-order valence-corrected chi connectivity index (χ0v) is 18.3. The van der Waals surface area contributed by atoms with Gasteiger partial charge in [-0.05, 0) is 25.1 Å². The van der Waals surface area contributed by atoms with Crippen molar-refractivity contribution in [3.63, 3.8) is 0 Å². The molecule has 1 aliphatic heterocycles. The molecule has 0 aliphatic carbocycles. The fraction of sp³-hybridized carbons (Fsp3) is 0.294. The summed E-state index contributed by atoms with van der Waals surface area (Å²) in [5.74, 6) is -1.25. The third-order valence-electron chi connectivity index (χ3n) is 4.06. The average molecular weight is 470 g/mol. The molecule has 1 aromatic heterocycles. The van der Waals surface area contributed by atoms with Crippen LogP contribution in [0, 0.1) is 6.92 Å². The van der Waals surface area contributed by atoms with Crippen molar-refractivity contribution in [2.24, 2.45) is 5.73 Å². The molecule has 3 rings (SSSR count). The summed E-state index contributed by atoms with van der Waals surface area (Å²) in [6.45, 7) is 1.88. The molecule has 2 heterocycles. The number of hydrogen-bond donors (Lipinski definition) is 3. The maximum atomic E-state index is 12.8. The molecule has 10 nitrogen and oxygen atoms in total. The molecule has 4 N–H and O–H groups in total. The van der Waals surface area contributed by atoms with Gasteiger partial charge in [0.15, 0.2) is 5.13 Å². The summed E-state index contributed by atoms with van der Waals surface area (Å²) in [7, 11) is -3.91. The number of thioether (sulfide) groups is 1. The standard InChI is InChI=1S/C17H19N5O5S3/c1-10-16(28-9-13(18)23)29-17(20-10)21-15(25)11-3-2-4-12(7-11)30(26,27)22-6-5-19-14(24)8-22/h2-4,7H,5-6,8-9H2,1H3,(H2,18,23)(H,19,24)(H,20,21,25). The van der Waals surface area contributed by atoms with Crippen LogP contribution in [0.5, 0.6) is 0 Å². The van der Waals surface area contributed by atoms with Crippen LogP contribution in [0.4, 0.5) is 5.13 Å². The maximum Gasteiger partial charge on any atom is 0.257 e. The van der Waals surface area contributed by atoms with Crippen LogP contribution in [0.15, 0.2) is 33.4 Å². The minimum Gasteiger partial charge on any atom is -0.369 e. The second-order valence-electron chi connectivity index (χ2n) is 6.32. The van der Waals surface area contributed by atoms with Crippen molar-refractivity contribution in [2.45, 2.75) is 16.0 Å². The third-order valence-corrected chi connectivity index (χ3v) is 8.36. The highest BCUT2D eigenvalue weighted by Crippen LogP contribution is 2.32. The van der Waals surface area contributed by atoms with Gasteiger partial charge < -0.3 is 11.1 Å². The third kappa shape index (κ3) is 5.16. The predicted molar refractivity (Wildman–Crippen MR) is 113 cm³/mol. The summed E-state index contributed by atoms with van der Waals surface area (Å²) < 4.78 is 27.4. The Labute approximate surface area is 181 Å². The number of carbonyl (C=O) groups excluding carboxylic acids is 3. The van der Waals surface area contributed by atoms with Gasteiger partial charge in [-0.3, -0.25) is 19.7 Å². The highest BCUT2D eigenvalue weighted by molar-refractivity contribution is 8.01. The van der Waals surface area contributed by atoms with Crippen molar-refractivity contribution in [3.8, 4) is 0 Å². The Balaban J connectivity index is 1.76. The van der Waals surface area contributed by atoms with Crippen LogP contribution in [-0.4, -0.2) is 60.8 Å². The number of nitrogens with one attached hydrogen (secondary N) is 2. The minimum absolute atomic E-state index is 0.0714. The van der Waals surface area contributed by atoms with E-state index in [1.165, 1.54) is 47.4 Å². The van der Waals surface area contributed by atoms with E-state index in [4.69, 9.17) is 5.73 Å². The number of carbonyl (C=O) groups is 3. The average Bonchev–Trinajstić information content (AvgIpc) is 3.05. The predicted octanol–water partition coefficient (Wildman–Crippen LogP) is 0.402. The molecule has 2 aromatic rings. The number of piperazine rings is 1. The number of aromatic nitrogens is 1. The Hall–Kier alpha value is -2.48. The number of amides is 3. The Morgan fingerprint density at radius 2 is 2.17 bits per heavy atom. The lowest BCUT2D eigenvalue weighted by molar-refractivity contribution is -0.122. The van der Waals surface area contributed by atoms with Crippen molar-refractivity contribution in [3.05, 3.63) is 35.5 Å². The van der Waals surface area contributed by atoms with Gasteiger partial charge in [0.05, 0.1) is 27.1 Å². The molecule has 13 heteroatoms. The largest absolute Gasteiger partial charge is 0.369 e. The van der Waals surface area contributed by atoms with Gasteiger partial charge in [-0.25, -0.2) is 13.4 Å². The molecule has 1 aliphatic rings. The molecule has 30 heavy (non-hydrogen) atoms. The first-order chi connectivity index (χ1) is 14.2. The van der Waals surface area contributed by atoms with Gasteiger partial charge in [-0.2, -0.15) is 4.31 Å². The topological polar surface area (TPSA) is 152 Å². The van der Waals surface area contributed by atoms with Gasteiger partial charge in [0.25, 0.3) is 5.91 Å². The minimum atomic E-state index is -3.91. The van der Waals surface area contributed by atoms with E-state index in [1.54, 1.807) is 6.92 Å². The number of rotatable bonds is 7. The molecule has 0 atom stereocenters. The van der Waals surface area contributed by atoms with E-state index in [1.807, 2.05) is 0 Å². The van der Waals surface area contributed by atoms with Gasteiger partial charge in [0.2, 0.25) is 21.8 Å². The van der Waals surface area contributed by atoms with E-state index in [0.29, 0.717) is 10.8 Å². The van der Waals surface area contributed by atoms with E-state index in [-0.39, 0.29) is 41.8 Å². The zero-order chi connectivity index (χ0) is 21.9. The molecule has 160 valence electrons. The Morgan fingerprint density at radius 3 is 2.87 bits per heavy atom. The first kappa shape index (κ1) is 22.2. The monoisotopic (exact) mass is 469 g/mol. The van der Waals surface area contributed by atoms with E-state index in [0.717, 1.165) is 8.51 Å². The highest BCUT2D eigenvalue weighted by Gasteiger charge is 2.29. The first-order valence-corrected chi connectivity index (χ1v) is 12.0. The molecule has 0 spiro atoms. The molecular weight excluding hydrogens is 450 g/mol. The number of anilines is 1. The van der Waals surface area contributed by atoms with Gasteiger partial charge in [0, 0.05) is 18.7 Å². The van der Waals surface area contributed by atoms with Gasteiger partial charge in [0.1, 0.15) is 0 Å². The van der Waals surface area contributed by atoms with Crippen molar-refractivity contribution < 1.29 is 22.8 Å². The summed E-state index contributed by atoms with van der Waals surface area (Å²) in [5.41, 5.74) is 5.93. The van der Waals surface area contributed by atoms with E-state index < -0.39 is 21.8 Å². The van der Waals surface area contributed by atoms with Crippen LogP contribution in [0.3, 0.4) is 0 Å². The molecule has 0 bridgehead atoms. The fourth-order valence-electron chi connectivity index (χ4n) is 2.64. The molecule has 1 fully saturated rings. The summed E-state index contributed by atoms with van der Waals surface area (Å²) in [6, 6.07) is 5.60. The lowest BCUT2D eigenvalue weighted by Gasteiger charge is -2.26. The van der Waals surface area contributed by atoms with Crippen LogP contribution in [0.25, 0.3) is 0 Å². The van der Waals surface area contributed by atoms with E-state index in [9.17, 15) is 22.8 Å². The SMILES string of the molecule is Cc1nc(NC(=O)c2cccc(S(=O)(=O)N3CCNC(=O)C3)c2)sc1SCC(N)=O. The second-order valence-corrected chi connectivity index (χ2v) is 10.5. The summed E-state index contributed by atoms with van der Waals surface area (Å²) >= 11 is 2.43. The number of sulfonamides is 1. The molecule has 1 aromatic carbocycles. The lowest BCUT2D eigenvalue weighted by Crippen LogP contribution is -2.49. The summed E-state index contributed by atoms with van der Waals surface area (Å²) in [5, 5.41) is 5.54. The molecule has 0 saturated carbocycles. The number of primary amides is 1. The second kappa shape index (κ2) is 9.12. The van der Waals surface area contributed by atoms with E-state index in [2.05, 4.69) is 15.6 Å². The fourth-order valence-corrected chi connectivity index (χ4v) is 5.96. The Morgan fingerprint density at radius 1 is 1.40 bits per heavy atom. The number of benzene rings is 1. The lowest BCUT2D eigenvalue weighted by atomic mass is 10.2. The van der Waals surface area contributed by atoms with Crippen molar-refractivity contribution in [1.82, 2.24) is 14.6 Å². The van der Waals surface area contributed by atoms with Crippen LogP contribution < -0.4 is 16.4 Å². The molecule has 0 radical (unpaired) electrons. The summed E-state index contributed by atoms with van der Waals surface area (Å²) in [6.07, 6.45) is 0. The Bertz CT molecular complexity index is 1100. The maximum absolute atomic E-state index is 12.8. The van der Waals surface area contributed by atoms with Gasteiger partial charge in [-0.15, -0.1) is 11.8 Å². The van der Waals surface area contributed by atoms with Gasteiger partial charge >= 0.3 is 0 Å². The number of hydrogen-bond acceptors (Lipinski definition) is 8. The van der Waals surface area contributed by atoms with Crippen LogP contribution in [0.1, 0.15) is 16.1 Å². The number of nitrogens with zero attached hydrogens (tertiary/aromatic N) is 2. The summed E-state index contributed by atoms with van der Waals surface area (Å²) in [4.78, 5) is 39.3. The van der Waals surface area contributed by atoms with Gasteiger partial charge in [-0.1, -0.05) is 17.4 Å². The van der Waals surface area contributed by atoms with Crippen molar-refractivity contribution >= 4 is 56.0 Å². The smallest absolute Gasteiger partial charge is 0.257 e. The normalized spacial score (nSPS) is 14.9. The molecule has 3 amide bonds. The molecule has 1 saturated heterocycles. The quantitative estimate of drug-likeness (QED) is 0.497. The molecule has 0 unspecified atom stereocenters. The Kier molecular flexibility index (Phi) is 6.75. The van der Waals surface area contributed by atoms with Crippen molar-refractivity contribution in [2.75, 3.05) is 30.7 Å². The number of thiazole rings is 1. The van der Waals surface area contributed by atoms with Crippen LogP contribution >= 0.6 is 23.1 Å². The van der Waals surface area contributed by atoms with Crippen molar-refractivity contribution in [1.29, 1.82) is 0 Å². The van der Waals surface area contributed by atoms with E-state index >= 15 is 0 Å². The zero-order valence-electron chi connectivity index (χ0n) is 15.9. The highest BCUT2D eigenvalue weighted by atomic mass is 32.2. The first-order valence-electron chi connectivity index (χ1n) is 8.73.